The Morgan fingerprint density at radius 2 is 0.613 bits per heavy atom. The molecule has 106 heavy (non-hydrogen) atoms. The number of aliphatic hydroxyl groups excluding tert-OH is 8. The Labute approximate surface area is 616 Å². The lowest BCUT2D eigenvalue weighted by molar-refractivity contribution is -0.0368. The standard InChI is InChI=1S/C19H31N4O4P.C18H29N4O4P.C17H27N4O4P.C16H25N4O4P/c1-6-7-8-13-22-14-17(20-11(2)21-18(14)26)23(13)19-16(25)15(24)12(27-19)9-10-28(3,4)5;1-6-7-12-21-13-16(19-10(2)20-17(13)25)22(12)18-15(24)14(23)11(26-18)8-9-27(3,4)5;1-6-11-20-12-15(18-9(2)19-16(12)24)21(11)17-14(23)13(22)10(25-17)7-8-26(3,4)5;1-8-17-14-11(15(23)18-8)19-9(2)20(14)16-13(22)12(21)10(24-16)6-7-25(3,4)5/h12,15-16,19,24-25H,3,6-10H2,1-2,4-5H3,(H,20,21,26);11,14-15,18,23-24H,3,6-9H2,1-2,4-5H3,(H,19,20,25);10,13-14,17,22-23H,3,6-8H2,1-2,4-5H3,(H,18,19,24);10,12-13,16,21-22H,3,6-7H2,1-2,4-5H3,(H,17,18,23)/t12-,15-,16-,19?;11-,14-,15-,18?;10-,13-,14-,17?;10-,12-,13-,16?/m1111/s1. The van der Waals surface area contributed by atoms with Crippen LogP contribution in [0.5, 0.6) is 0 Å². The van der Waals surface area contributed by atoms with Crippen LogP contribution in [0.15, 0.2) is 19.2 Å². The first-order chi connectivity index (χ1) is 49.4. The van der Waals surface area contributed by atoms with Crippen LogP contribution < -0.4 is 22.2 Å². The summed E-state index contributed by atoms with van der Waals surface area (Å²) >= 11 is 0. The smallest absolute Gasteiger partial charge is 0.279 e. The summed E-state index contributed by atoms with van der Waals surface area (Å²) in [5.41, 5.74) is 1.05. The molecule has 0 amide bonds. The van der Waals surface area contributed by atoms with E-state index in [2.05, 4.69) is 145 Å². The maximum Gasteiger partial charge on any atom is 0.279 e. The van der Waals surface area contributed by atoms with Crippen LogP contribution in [0.3, 0.4) is 0 Å². The Balaban J connectivity index is 0.000000164. The minimum Gasteiger partial charge on any atom is -0.388 e. The lowest BCUT2D eigenvalue weighted by Gasteiger charge is -2.20. The van der Waals surface area contributed by atoms with Gasteiger partial charge in [0.1, 0.15) is 95.4 Å². The second kappa shape index (κ2) is 33.8. The van der Waals surface area contributed by atoms with Gasteiger partial charge in [-0.25, -0.2) is 39.9 Å². The third-order valence-corrected chi connectivity index (χ3v) is 24.9. The number of imidazole rings is 4. The summed E-state index contributed by atoms with van der Waals surface area (Å²) in [4.78, 5) is 94.6. The Morgan fingerprint density at radius 1 is 0.358 bits per heavy atom. The Hall–Kier alpha value is -5.88. The van der Waals surface area contributed by atoms with E-state index >= 15 is 0 Å². The molecule has 0 aliphatic carbocycles. The van der Waals surface area contributed by atoms with Gasteiger partial charge in [0.25, 0.3) is 22.2 Å². The zero-order valence-corrected chi connectivity index (χ0v) is 67.5. The molecule has 8 aromatic heterocycles. The van der Waals surface area contributed by atoms with Gasteiger partial charge in [0, 0.05) is 19.3 Å². The molecule has 4 fully saturated rings. The number of H-pyrrole nitrogens is 4. The summed E-state index contributed by atoms with van der Waals surface area (Å²) in [5, 5.41) is 84.5. The lowest BCUT2D eigenvalue weighted by atomic mass is 10.1. The van der Waals surface area contributed by atoms with E-state index in [9.17, 15) is 60.0 Å². The highest BCUT2D eigenvalue weighted by atomic mass is 31.2. The molecule has 4 saturated heterocycles. The number of nitrogens with zero attached hydrogens (tertiary/aromatic N) is 12. The monoisotopic (exact) mass is 1560 g/mol. The summed E-state index contributed by atoms with van der Waals surface area (Å²) in [6, 6.07) is 0. The molecule has 16 atom stereocenters. The quantitative estimate of drug-likeness (QED) is 0.0430. The van der Waals surface area contributed by atoms with Gasteiger partial charge in [-0.2, -0.15) is 0 Å². The van der Waals surface area contributed by atoms with Gasteiger partial charge >= 0.3 is 0 Å². The summed E-state index contributed by atoms with van der Waals surface area (Å²) < 4.78 is 30.8. The number of nitrogens with one attached hydrogen (secondary N) is 4. The lowest BCUT2D eigenvalue weighted by Crippen LogP contribution is -2.32. The van der Waals surface area contributed by atoms with Crippen molar-refractivity contribution in [3.8, 4) is 0 Å². The average molecular weight is 1560 g/mol. The maximum atomic E-state index is 12.3. The van der Waals surface area contributed by atoms with Crippen LogP contribution in [-0.2, 0) is 38.2 Å². The van der Waals surface area contributed by atoms with Crippen LogP contribution in [0.4, 0.5) is 0 Å². The van der Waals surface area contributed by atoms with Crippen LogP contribution in [0.2, 0.25) is 0 Å². The first kappa shape index (κ1) is 84.1. The predicted molar refractivity (Wildman–Crippen MR) is 423 cm³/mol. The van der Waals surface area contributed by atoms with Gasteiger partial charge in [0.15, 0.2) is 69.6 Å². The van der Waals surface area contributed by atoms with E-state index in [-0.39, 0.29) is 44.3 Å². The number of fused-ring (bicyclic) bond motifs is 4. The maximum absolute atomic E-state index is 12.3. The molecular formula is C70H112N16O16P4. The van der Waals surface area contributed by atoms with Gasteiger partial charge in [-0.3, -0.25) is 37.4 Å². The van der Waals surface area contributed by atoms with Crippen molar-refractivity contribution in [1.82, 2.24) is 78.1 Å². The van der Waals surface area contributed by atoms with E-state index in [1.54, 1.807) is 52.9 Å². The number of ether oxygens (including phenoxy) is 4. The number of aromatic amines is 4. The fourth-order valence-electron chi connectivity index (χ4n) is 13.5. The molecule has 0 radical (unpaired) electrons. The molecule has 4 aliphatic heterocycles. The van der Waals surface area contributed by atoms with Crippen LogP contribution in [0.1, 0.15) is 137 Å². The highest BCUT2D eigenvalue weighted by Crippen LogP contribution is 2.45. The molecular weight excluding hydrogens is 1440 g/mol. The van der Waals surface area contributed by atoms with Crippen LogP contribution in [0.25, 0.3) is 44.7 Å². The molecule has 4 unspecified atom stereocenters. The molecule has 12 rings (SSSR count). The fraction of sp³-hybridized carbons (Fsp3) is 0.657. The second-order valence-electron chi connectivity index (χ2n) is 31.2. The highest BCUT2D eigenvalue weighted by Gasteiger charge is 2.49. The van der Waals surface area contributed by atoms with Gasteiger partial charge in [-0.15, -0.1) is 52.7 Å². The number of hydrogen-bond donors (Lipinski definition) is 12. The van der Waals surface area contributed by atoms with Crippen molar-refractivity contribution < 1.29 is 59.8 Å². The molecule has 4 aliphatic rings. The van der Waals surface area contributed by atoms with Crippen molar-refractivity contribution in [2.24, 2.45) is 0 Å². The van der Waals surface area contributed by atoms with Crippen molar-refractivity contribution in [3.05, 3.63) is 88.0 Å². The molecule has 0 aromatic carbocycles. The Morgan fingerprint density at radius 3 is 0.887 bits per heavy atom. The first-order valence-corrected chi connectivity index (χ1v) is 48.3. The number of rotatable bonds is 22. The minimum atomic E-state index is -1.27. The van der Waals surface area contributed by atoms with E-state index in [1.807, 2.05) is 13.8 Å². The number of hydrogen-bond acceptors (Lipinski definition) is 24. The van der Waals surface area contributed by atoms with Gasteiger partial charge < -0.3 is 79.7 Å². The molecule has 32 nitrogen and oxygen atoms in total. The zero-order valence-electron chi connectivity index (χ0n) is 64.0. The van der Waals surface area contributed by atoms with Crippen molar-refractivity contribution in [2.75, 3.05) is 78.0 Å². The summed E-state index contributed by atoms with van der Waals surface area (Å²) in [6.45, 7) is 26.4. The van der Waals surface area contributed by atoms with Gasteiger partial charge in [0.05, 0.1) is 24.4 Å². The van der Waals surface area contributed by atoms with E-state index in [4.69, 9.17) is 18.9 Å². The van der Waals surface area contributed by atoms with Crippen molar-refractivity contribution >= 4 is 97.4 Å². The molecule has 36 heteroatoms. The Bertz CT molecular complexity index is 4900. The third-order valence-electron chi connectivity index (χ3n) is 19.1. The molecule has 588 valence electrons. The summed E-state index contributed by atoms with van der Waals surface area (Å²) in [6.07, 6.45) is 13.4. The van der Waals surface area contributed by atoms with Gasteiger partial charge in [-0.1, -0.05) is 27.2 Å². The van der Waals surface area contributed by atoms with Gasteiger partial charge in [-0.05, 0) is 151 Å². The number of unbranched alkanes of at least 4 members (excludes halogenated alkanes) is 1. The topological polar surface area (TPSA) is 453 Å². The van der Waals surface area contributed by atoms with Crippen LogP contribution in [-0.4, -0.2) is 295 Å². The minimum absolute atomic E-state index is 0.196. The fourth-order valence-corrected chi connectivity index (χ4v) is 17.3. The largest absolute Gasteiger partial charge is 0.388 e. The highest BCUT2D eigenvalue weighted by molar-refractivity contribution is 7.73. The second-order valence-corrected chi connectivity index (χ2v) is 48.5. The SMILES string of the molecule is C=P(C)(C)CC[C@H]1OC(n2c(C)nc3c(=O)[nH]c(C)nc32)[C@H](O)[C@@H]1O.C=P(C)(C)CC[C@H]1OC(n2c(CC)nc3c(=O)[nH]c(C)nc32)[C@H](O)[C@@H]1O.C=P(C)(C)CC[C@H]1OC(n2c(CCC)nc3c(=O)[nH]c(C)nc32)[C@H](O)[C@@H]1O.C=P(C)(C)CC[C@H]1OC(n2c(CCCC)nc3c(=O)[nH]c(C)nc32)[C@H](O)[C@@H]1O. The van der Waals surface area contributed by atoms with Crippen LogP contribution >= 0.6 is 27.5 Å². The van der Waals surface area contributed by atoms with E-state index in [0.29, 0.717) is 114 Å². The van der Waals surface area contributed by atoms with Crippen molar-refractivity contribution in [2.45, 2.75) is 218 Å². The first-order valence-electron chi connectivity index (χ1n) is 36.1. The van der Waals surface area contributed by atoms with Crippen molar-refractivity contribution in [1.29, 1.82) is 0 Å². The number of aryl methyl sites for hydroxylation is 8. The summed E-state index contributed by atoms with van der Waals surface area (Å²) in [7, 11) is 0. The molecule has 12 N–H and O–H groups in total. The Kier molecular flexibility index (Phi) is 26.8. The molecule has 0 saturated carbocycles. The number of aromatic nitrogens is 16. The zero-order chi connectivity index (χ0) is 78.3. The third kappa shape index (κ3) is 19.3. The van der Waals surface area contributed by atoms with Crippen molar-refractivity contribution in [3.63, 3.8) is 0 Å². The molecule has 12 heterocycles. The predicted octanol–water partition coefficient (Wildman–Crippen LogP) is 3.75. The van der Waals surface area contributed by atoms with Gasteiger partial charge in [0.2, 0.25) is 0 Å². The molecule has 0 spiro atoms. The van der Waals surface area contributed by atoms with E-state index in [0.717, 1.165) is 43.9 Å². The summed E-state index contributed by atoms with van der Waals surface area (Å²) in [5.74, 6) is 4.19. The normalized spacial score (nSPS) is 26.4. The molecule has 8 aromatic rings. The molecule has 0 bridgehead atoms. The average Bonchev–Trinajstić information content (AvgIpc) is 1.62. The van der Waals surface area contributed by atoms with E-state index < -0.39 is 126 Å². The van der Waals surface area contributed by atoms with E-state index in [1.165, 1.54) is 0 Å². The number of aliphatic hydroxyl groups is 8. The van der Waals surface area contributed by atoms with Crippen LogP contribution in [0, 0.1) is 34.6 Å².